The van der Waals surface area contributed by atoms with Crippen LogP contribution in [0.1, 0.15) is 24.0 Å². The van der Waals surface area contributed by atoms with Gasteiger partial charge in [0, 0.05) is 36.8 Å². The Hall–Kier alpha value is -3.02. The zero-order valence-electron chi connectivity index (χ0n) is 15.2. The average Bonchev–Trinajstić information content (AvgIpc) is 2.67. The first-order valence-corrected chi connectivity index (χ1v) is 8.98. The van der Waals surface area contributed by atoms with Crippen LogP contribution in [0.25, 0.3) is 6.08 Å². The van der Waals surface area contributed by atoms with E-state index in [0.29, 0.717) is 37.3 Å². The van der Waals surface area contributed by atoms with E-state index in [1.54, 1.807) is 29.3 Å². The number of hydrogen-bond acceptors (Lipinski definition) is 3. The van der Waals surface area contributed by atoms with E-state index in [1.807, 2.05) is 19.1 Å². The van der Waals surface area contributed by atoms with Crippen LogP contribution in [-0.2, 0) is 9.59 Å². The van der Waals surface area contributed by atoms with Crippen molar-refractivity contribution in [3.8, 4) is 0 Å². The van der Waals surface area contributed by atoms with E-state index in [1.165, 1.54) is 18.2 Å². The largest absolute Gasteiger partial charge is 0.339 e. The number of rotatable bonds is 4. The van der Waals surface area contributed by atoms with Crippen LogP contribution < -0.4 is 5.32 Å². The Morgan fingerprint density at radius 3 is 2.67 bits per heavy atom. The zero-order valence-corrected chi connectivity index (χ0v) is 15.2. The summed E-state index contributed by atoms with van der Waals surface area (Å²) in [5, 5.41) is 2.84. The molecule has 1 fully saturated rings. The maximum absolute atomic E-state index is 13.6. The number of amides is 2. The van der Waals surface area contributed by atoms with Gasteiger partial charge in [0.15, 0.2) is 0 Å². The summed E-state index contributed by atoms with van der Waals surface area (Å²) in [6.07, 6.45) is 5.72. The molecule has 1 saturated heterocycles. The summed E-state index contributed by atoms with van der Waals surface area (Å²) >= 11 is 0. The van der Waals surface area contributed by atoms with E-state index >= 15 is 0 Å². The molecule has 0 saturated carbocycles. The summed E-state index contributed by atoms with van der Waals surface area (Å²) < 4.78 is 13.6. The number of halogens is 1. The molecule has 0 radical (unpaired) electrons. The van der Waals surface area contributed by atoms with Crippen LogP contribution in [0.15, 0.2) is 48.7 Å². The van der Waals surface area contributed by atoms with Crippen LogP contribution in [-0.4, -0.2) is 34.8 Å². The third-order valence-corrected chi connectivity index (χ3v) is 4.65. The number of aryl methyl sites for hydroxylation is 1. The van der Waals surface area contributed by atoms with Crippen molar-refractivity contribution in [2.24, 2.45) is 5.92 Å². The van der Waals surface area contributed by atoms with Crippen LogP contribution in [0.4, 0.5) is 10.2 Å². The quantitative estimate of drug-likeness (QED) is 0.843. The molecule has 0 atom stereocenters. The summed E-state index contributed by atoms with van der Waals surface area (Å²) in [5.41, 5.74) is 1.41. The molecule has 6 heteroatoms. The van der Waals surface area contributed by atoms with Crippen LogP contribution in [0.3, 0.4) is 0 Å². The van der Waals surface area contributed by atoms with Crippen molar-refractivity contribution in [1.29, 1.82) is 0 Å². The number of piperidine rings is 1. The second-order valence-electron chi connectivity index (χ2n) is 6.66. The third-order valence-electron chi connectivity index (χ3n) is 4.65. The monoisotopic (exact) mass is 367 g/mol. The Kier molecular flexibility index (Phi) is 5.96. The lowest BCUT2D eigenvalue weighted by atomic mass is 9.96. The molecule has 2 aromatic rings. The van der Waals surface area contributed by atoms with Gasteiger partial charge in [-0.3, -0.25) is 9.59 Å². The molecule has 3 rings (SSSR count). The van der Waals surface area contributed by atoms with E-state index < -0.39 is 0 Å². The van der Waals surface area contributed by atoms with Gasteiger partial charge in [0.05, 0.1) is 0 Å². The molecule has 0 unspecified atom stereocenters. The number of likely N-dealkylation sites (tertiary alicyclic amines) is 1. The van der Waals surface area contributed by atoms with E-state index in [2.05, 4.69) is 10.3 Å². The van der Waals surface area contributed by atoms with Gasteiger partial charge in [0.2, 0.25) is 11.8 Å². The molecule has 1 aliphatic rings. The zero-order chi connectivity index (χ0) is 19.2. The van der Waals surface area contributed by atoms with Crippen molar-refractivity contribution in [3.63, 3.8) is 0 Å². The van der Waals surface area contributed by atoms with Crippen molar-refractivity contribution in [3.05, 3.63) is 65.6 Å². The maximum atomic E-state index is 13.6. The van der Waals surface area contributed by atoms with Crippen molar-refractivity contribution in [2.45, 2.75) is 19.8 Å². The average molecular weight is 367 g/mol. The normalized spacial score (nSPS) is 15.1. The third kappa shape index (κ3) is 5.00. The lowest BCUT2D eigenvalue weighted by Crippen LogP contribution is -2.40. The van der Waals surface area contributed by atoms with E-state index in [0.717, 1.165) is 5.56 Å². The van der Waals surface area contributed by atoms with Crippen LogP contribution in [0.5, 0.6) is 0 Å². The minimum Gasteiger partial charge on any atom is -0.339 e. The van der Waals surface area contributed by atoms with Gasteiger partial charge >= 0.3 is 0 Å². The summed E-state index contributed by atoms with van der Waals surface area (Å²) in [4.78, 5) is 30.5. The molecule has 1 aliphatic heterocycles. The first-order chi connectivity index (χ1) is 13.0. The second-order valence-corrected chi connectivity index (χ2v) is 6.66. The Balaban J connectivity index is 1.51. The first-order valence-electron chi connectivity index (χ1n) is 8.98. The number of carbonyl (C=O) groups is 2. The fourth-order valence-corrected chi connectivity index (χ4v) is 3.07. The summed E-state index contributed by atoms with van der Waals surface area (Å²) in [6, 6.07) is 10.0. The van der Waals surface area contributed by atoms with Crippen molar-refractivity contribution in [2.75, 3.05) is 18.4 Å². The number of hydrogen-bond donors (Lipinski definition) is 1. The van der Waals surface area contributed by atoms with Crippen LogP contribution >= 0.6 is 0 Å². The van der Waals surface area contributed by atoms with Crippen molar-refractivity contribution < 1.29 is 14.0 Å². The Morgan fingerprint density at radius 1 is 1.22 bits per heavy atom. The first kappa shape index (κ1) is 18.8. The molecule has 0 bridgehead atoms. The predicted molar refractivity (Wildman–Crippen MR) is 102 cm³/mol. The number of carbonyl (C=O) groups excluding carboxylic acids is 2. The van der Waals surface area contributed by atoms with Gasteiger partial charge in [-0.05, 0) is 49.6 Å². The number of anilines is 1. The number of nitrogens with one attached hydrogen (secondary N) is 1. The molecule has 1 aromatic heterocycles. The van der Waals surface area contributed by atoms with E-state index in [4.69, 9.17) is 0 Å². The fraction of sp³-hybridized carbons (Fsp3) is 0.286. The minimum absolute atomic E-state index is 0.0675. The summed E-state index contributed by atoms with van der Waals surface area (Å²) in [5.74, 6) is -0.195. The van der Waals surface area contributed by atoms with Crippen LogP contribution in [0.2, 0.25) is 0 Å². The topological polar surface area (TPSA) is 62.3 Å². The van der Waals surface area contributed by atoms with Gasteiger partial charge in [0.1, 0.15) is 11.6 Å². The number of nitrogens with zero attached hydrogens (tertiary/aromatic N) is 2. The SMILES string of the molecule is Cc1ccnc(NC(=O)C2CCN(C(=O)/C=C/c3ccccc3F)CC2)c1. The van der Waals surface area contributed by atoms with E-state index in [-0.39, 0.29) is 23.5 Å². The summed E-state index contributed by atoms with van der Waals surface area (Å²) in [7, 11) is 0. The molecule has 140 valence electrons. The van der Waals surface area contributed by atoms with Gasteiger partial charge in [-0.15, -0.1) is 0 Å². The molecule has 1 N–H and O–H groups in total. The van der Waals surface area contributed by atoms with Crippen molar-refractivity contribution in [1.82, 2.24) is 9.88 Å². The lowest BCUT2D eigenvalue weighted by Gasteiger charge is -2.30. The maximum Gasteiger partial charge on any atom is 0.246 e. The molecule has 5 nitrogen and oxygen atoms in total. The number of pyridine rings is 1. The highest BCUT2D eigenvalue weighted by Gasteiger charge is 2.26. The molecular formula is C21H22FN3O2. The minimum atomic E-state index is -0.360. The van der Waals surface area contributed by atoms with Gasteiger partial charge in [-0.1, -0.05) is 18.2 Å². The molecule has 2 heterocycles. The smallest absolute Gasteiger partial charge is 0.246 e. The molecule has 2 amide bonds. The fourth-order valence-electron chi connectivity index (χ4n) is 3.07. The highest BCUT2D eigenvalue weighted by atomic mass is 19.1. The standard InChI is InChI=1S/C21H22FN3O2/c1-15-8-11-23-19(14-15)24-21(27)17-9-12-25(13-10-17)20(26)7-6-16-4-2-3-5-18(16)22/h2-8,11,14,17H,9-10,12-13H2,1H3,(H,23,24,27)/b7-6+. The molecular weight excluding hydrogens is 345 g/mol. The van der Waals surface area contributed by atoms with Gasteiger partial charge in [-0.25, -0.2) is 9.37 Å². The Morgan fingerprint density at radius 2 is 1.96 bits per heavy atom. The van der Waals surface area contributed by atoms with Gasteiger partial charge in [0.25, 0.3) is 0 Å². The van der Waals surface area contributed by atoms with Gasteiger partial charge < -0.3 is 10.2 Å². The second kappa shape index (κ2) is 8.58. The van der Waals surface area contributed by atoms with Gasteiger partial charge in [-0.2, -0.15) is 0 Å². The van der Waals surface area contributed by atoms with E-state index in [9.17, 15) is 14.0 Å². The highest BCUT2D eigenvalue weighted by Crippen LogP contribution is 2.20. The molecule has 0 spiro atoms. The molecule has 27 heavy (non-hydrogen) atoms. The highest BCUT2D eigenvalue weighted by molar-refractivity contribution is 5.93. The summed E-state index contributed by atoms with van der Waals surface area (Å²) in [6.45, 7) is 2.94. The lowest BCUT2D eigenvalue weighted by molar-refractivity contribution is -0.130. The predicted octanol–water partition coefficient (Wildman–Crippen LogP) is 3.42. The van der Waals surface area contributed by atoms with Crippen molar-refractivity contribution >= 4 is 23.7 Å². The van der Waals surface area contributed by atoms with Crippen LogP contribution in [0, 0.1) is 18.7 Å². The molecule has 0 aliphatic carbocycles. The number of aromatic nitrogens is 1. The Labute approximate surface area is 157 Å². The molecule has 1 aromatic carbocycles. The Bertz CT molecular complexity index is 858. The number of benzene rings is 1.